The summed E-state index contributed by atoms with van der Waals surface area (Å²) in [4.78, 5) is 0. The lowest BCUT2D eigenvalue weighted by atomic mass is 9.59. The highest BCUT2D eigenvalue weighted by molar-refractivity contribution is 8.22. The maximum Gasteiger partial charge on any atom is 0.219 e. The minimum atomic E-state index is 0.446. The summed E-state index contributed by atoms with van der Waals surface area (Å²) in [6, 6.07) is 17.8. The number of hydrogen-bond acceptors (Lipinski definition) is 3. The fraction of sp³-hybridized carbons (Fsp3) is 0.316. The van der Waals surface area contributed by atoms with Crippen molar-refractivity contribution in [3.8, 4) is 0 Å². The molecule has 22 heavy (non-hydrogen) atoms. The standard InChI is InChI=1S/C19H18OS2/c1-22-19(21)20-11-12-10-17-13-6-2-4-8-15(13)18(12)16-9-5-3-7-14(16)17/h2-9,12,17-18H,10-11H2,1H3/t12-,17?,18?/m0/s1. The van der Waals surface area contributed by atoms with Crippen LogP contribution in [0.2, 0.25) is 0 Å². The Hall–Kier alpha value is -1.32. The number of ether oxygens (including phenoxy) is 1. The third-order valence-electron chi connectivity index (χ3n) is 5.00. The molecule has 0 heterocycles. The number of rotatable bonds is 2. The molecule has 0 spiro atoms. The highest BCUT2D eigenvalue weighted by Gasteiger charge is 2.43. The van der Waals surface area contributed by atoms with E-state index in [0.29, 0.717) is 22.1 Å². The van der Waals surface area contributed by atoms with E-state index >= 15 is 0 Å². The Balaban J connectivity index is 1.74. The van der Waals surface area contributed by atoms with Gasteiger partial charge in [-0.1, -0.05) is 60.3 Å². The number of hydrogen-bond donors (Lipinski definition) is 0. The minimum Gasteiger partial charge on any atom is -0.478 e. The molecular formula is C19H18OS2. The molecule has 0 amide bonds. The molecular weight excluding hydrogens is 308 g/mol. The van der Waals surface area contributed by atoms with Crippen molar-refractivity contribution in [2.45, 2.75) is 18.3 Å². The Morgan fingerprint density at radius 2 is 1.59 bits per heavy atom. The van der Waals surface area contributed by atoms with Gasteiger partial charge in [0.1, 0.15) is 0 Å². The molecule has 3 heteroatoms. The van der Waals surface area contributed by atoms with E-state index in [1.807, 2.05) is 6.26 Å². The molecule has 0 unspecified atom stereocenters. The molecule has 3 aliphatic carbocycles. The van der Waals surface area contributed by atoms with Crippen molar-refractivity contribution in [1.82, 2.24) is 0 Å². The average Bonchev–Trinajstić information content (AvgIpc) is 2.59. The summed E-state index contributed by atoms with van der Waals surface area (Å²) in [5.74, 6) is 1.47. The van der Waals surface area contributed by atoms with E-state index in [-0.39, 0.29) is 0 Å². The molecule has 2 aromatic carbocycles. The van der Waals surface area contributed by atoms with Gasteiger partial charge >= 0.3 is 0 Å². The van der Waals surface area contributed by atoms with Gasteiger partial charge in [0.25, 0.3) is 0 Å². The van der Waals surface area contributed by atoms with Crippen LogP contribution in [0.3, 0.4) is 0 Å². The van der Waals surface area contributed by atoms with Crippen molar-refractivity contribution >= 4 is 28.4 Å². The van der Waals surface area contributed by atoms with Crippen molar-refractivity contribution in [1.29, 1.82) is 0 Å². The van der Waals surface area contributed by atoms with E-state index in [2.05, 4.69) is 48.5 Å². The maximum absolute atomic E-state index is 5.81. The zero-order valence-corrected chi connectivity index (χ0v) is 14.1. The number of benzene rings is 2. The first-order chi connectivity index (χ1) is 10.8. The molecule has 112 valence electrons. The van der Waals surface area contributed by atoms with Crippen molar-refractivity contribution in [2.24, 2.45) is 5.92 Å². The molecule has 0 saturated heterocycles. The molecule has 0 N–H and O–H groups in total. The van der Waals surface area contributed by atoms with Gasteiger partial charge in [-0.15, -0.1) is 0 Å². The Kier molecular flexibility index (Phi) is 3.71. The minimum absolute atomic E-state index is 0.446. The van der Waals surface area contributed by atoms with Crippen LogP contribution in [-0.4, -0.2) is 17.2 Å². The molecule has 5 rings (SSSR count). The normalized spacial score (nSPS) is 24.5. The molecule has 2 aromatic rings. The van der Waals surface area contributed by atoms with Crippen molar-refractivity contribution in [3.05, 3.63) is 70.8 Å². The second-order valence-electron chi connectivity index (χ2n) is 6.05. The van der Waals surface area contributed by atoms with E-state index in [0.717, 1.165) is 13.0 Å². The number of thioether (sulfide) groups is 1. The largest absolute Gasteiger partial charge is 0.478 e. The Morgan fingerprint density at radius 1 is 1.05 bits per heavy atom. The van der Waals surface area contributed by atoms with Crippen LogP contribution in [0.4, 0.5) is 0 Å². The molecule has 1 nitrogen and oxygen atoms in total. The van der Waals surface area contributed by atoms with Crippen LogP contribution in [-0.2, 0) is 4.74 Å². The topological polar surface area (TPSA) is 9.23 Å². The summed E-state index contributed by atoms with van der Waals surface area (Å²) >= 11 is 6.72. The number of thiocarbonyl (C=S) groups is 1. The van der Waals surface area contributed by atoms with Gasteiger partial charge < -0.3 is 4.74 Å². The predicted octanol–water partition coefficient (Wildman–Crippen LogP) is 4.95. The predicted molar refractivity (Wildman–Crippen MR) is 96.7 cm³/mol. The lowest BCUT2D eigenvalue weighted by Crippen LogP contribution is -2.34. The summed E-state index contributed by atoms with van der Waals surface area (Å²) < 4.78 is 6.46. The SMILES string of the molecule is CSC(=S)OC[C@@H]1CC2c3ccccc3C1c1ccccc12. The van der Waals surface area contributed by atoms with Crippen molar-refractivity contribution < 1.29 is 4.74 Å². The molecule has 0 aromatic heterocycles. The third-order valence-corrected chi connectivity index (χ3v) is 6.07. The summed E-state index contributed by atoms with van der Waals surface area (Å²) in [6.45, 7) is 0.726. The lowest BCUT2D eigenvalue weighted by Gasteiger charge is -2.45. The van der Waals surface area contributed by atoms with Gasteiger partial charge in [-0.05, 0) is 47.1 Å². The molecule has 0 aliphatic heterocycles. The summed E-state index contributed by atoms with van der Waals surface area (Å²) in [7, 11) is 0. The highest BCUT2D eigenvalue weighted by atomic mass is 32.2. The molecule has 0 radical (unpaired) electrons. The monoisotopic (exact) mass is 326 g/mol. The van der Waals surface area contributed by atoms with Crippen LogP contribution in [0.5, 0.6) is 0 Å². The van der Waals surface area contributed by atoms with Gasteiger partial charge in [-0.25, -0.2) is 0 Å². The number of fused-ring (bicyclic) bond motifs is 1. The van der Waals surface area contributed by atoms with Crippen LogP contribution >= 0.6 is 24.0 Å². The molecule has 0 saturated carbocycles. The Labute approximate surface area is 141 Å². The van der Waals surface area contributed by atoms with E-state index in [9.17, 15) is 0 Å². The van der Waals surface area contributed by atoms with E-state index < -0.39 is 0 Å². The van der Waals surface area contributed by atoms with Crippen LogP contribution in [0.15, 0.2) is 48.5 Å². The summed E-state index contributed by atoms with van der Waals surface area (Å²) in [5, 5.41) is 0. The van der Waals surface area contributed by atoms with Gasteiger partial charge in [0.15, 0.2) is 0 Å². The fourth-order valence-corrected chi connectivity index (χ4v) is 4.41. The van der Waals surface area contributed by atoms with E-state index in [4.69, 9.17) is 17.0 Å². The van der Waals surface area contributed by atoms with Gasteiger partial charge in [-0.3, -0.25) is 0 Å². The van der Waals surface area contributed by atoms with Gasteiger partial charge in [0.05, 0.1) is 6.61 Å². The van der Waals surface area contributed by atoms with Crippen molar-refractivity contribution in [3.63, 3.8) is 0 Å². The van der Waals surface area contributed by atoms with E-state index in [1.54, 1.807) is 0 Å². The smallest absolute Gasteiger partial charge is 0.219 e. The van der Waals surface area contributed by atoms with Crippen LogP contribution in [0, 0.1) is 5.92 Å². The van der Waals surface area contributed by atoms with Crippen molar-refractivity contribution in [2.75, 3.05) is 12.9 Å². The fourth-order valence-electron chi connectivity index (χ4n) is 4.16. The first kappa shape index (κ1) is 14.3. The highest BCUT2D eigenvalue weighted by Crippen LogP contribution is 2.55. The average molecular weight is 326 g/mol. The Bertz CT molecular complexity index is 677. The Morgan fingerprint density at radius 3 is 2.14 bits per heavy atom. The zero-order valence-electron chi connectivity index (χ0n) is 12.5. The lowest BCUT2D eigenvalue weighted by molar-refractivity contribution is 0.204. The molecule has 0 fully saturated rings. The third kappa shape index (κ3) is 2.19. The van der Waals surface area contributed by atoms with Gasteiger partial charge in [-0.2, -0.15) is 0 Å². The quantitative estimate of drug-likeness (QED) is 0.723. The first-order valence-corrected chi connectivity index (χ1v) is 9.31. The zero-order chi connectivity index (χ0) is 15.1. The molecule has 1 atom stereocenters. The molecule has 3 aliphatic rings. The second-order valence-corrected chi connectivity index (χ2v) is 7.46. The molecule has 2 bridgehead atoms. The second kappa shape index (κ2) is 5.71. The first-order valence-electron chi connectivity index (χ1n) is 7.68. The van der Waals surface area contributed by atoms with Crippen LogP contribution in [0.1, 0.15) is 40.5 Å². The van der Waals surface area contributed by atoms with Gasteiger partial charge in [0, 0.05) is 17.8 Å². The van der Waals surface area contributed by atoms with Crippen LogP contribution in [0.25, 0.3) is 0 Å². The van der Waals surface area contributed by atoms with Crippen LogP contribution < -0.4 is 0 Å². The summed E-state index contributed by atoms with van der Waals surface area (Å²) in [6.07, 6.45) is 3.13. The summed E-state index contributed by atoms with van der Waals surface area (Å²) in [5.41, 5.74) is 5.99. The van der Waals surface area contributed by atoms with Gasteiger partial charge in [0.2, 0.25) is 4.38 Å². The maximum atomic E-state index is 5.81. The van der Waals surface area contributed by atoms with E-state index in [1.165, 1.54) is 34.0 Å².